The van der Waals surface area contributed by atoms with Crippen LogP contribution in [0.15, 0.2) is 91.0 Å². The molecule has 0 aromatic heterocycles. The monoisotopic (exact) mass is 460 g/mol. The zero-order valence-corrected chi connectivity index (χ0v) is 17.3. The van der Waals surface area contributed by atoms with Crippen molar-refractivity contribution in [2.45, 2.75) is 11.8 Å². The molecule has 122 valence electrons. The highest BCUT2D eigenvalue weighted by molar-refractivity contribution is 9.69. The van der Waals surface area contributed by atoms with Gasteiger partial charge >= 0.3 is 0 Å². The van der Waals surface area contributed by atoms with Crippen molar-refractivity contribution in [3.05, 3.63) is 108 Å². The van der Waals surface area contributed by atoms with Crippen LogP contribution in [0, 0.1) is 0 Å². The summed E-state index contributed by atoms with van der Waals surface area (Å²) in [6.07, 6.45) is 2.14. The minimum atomic E-state index is -0.311. The van der Waals surface area contributed by atoms with Crippen molar-refractivity contribution in [1.29, 1.82) is 0 Å². The van der Waals surface area contributed by atoms with Gasteiger partial charge in [0, 0.05) is 10.7 Å². The van der Waals surface area contributed by atoms with Crippen LogP contribution < -0.4 is 0 Å². The molecule has 3 aromatic carbocycles. The van der Waals surface area contributed by atoms with Crippen LogP contribution in [0.1, 0.15) is 23.1 Å². The van der Waals surface area contributed by atoms with Gasteiger partial charge in [0.05, 0.1) is 0 Å². The molecule has 0 aliphatic heterocycles. The SMILES string of the molecule is BrP(Br)CCC(c1ccccc1)(c1ccccc1)c1ccccc1. The summed E-state index contributed by atoms with van der Waals surface area (Å²) in [4.78, 5) is 0. The van der Waals surface area contributed by atoms with E-state index in [1.165, 1.54) is 16.7 Å². The topological polar surface area (TPSA) is 0 Å². The largest absolute Gasteiger partial charge is 0.0622 e. The molecular formula is C21H19Br2P. The number of rotatable bonds is 6. The molecule has 0 amide bonds. The predicted molar refractivity (Wildman–Crippen MR) is 113 cm³/mol. The summed E-state index contributed by atoms with van der Waals surface area (Å²) < 4.78 is 0. The summed E-state index contributed by atoms with van der Waals surface area (Å²) in [5, 5.41) is -0.311. The average molecular weight is 462 g/mol. The molecular weight excluding hydrogens is 443 g/mol. The first kappa shape index (κ1) is 17.9. The molecule has 0 nitrogen and oxygen atoms in total. The van der Waals surface area contributed by atoms with Gasteiger partial charge in [-0.2, -0.15) is 0 Å². The Bertz CT molecular complexity index is 646. The minimum absolute atomic E-state index is 0.133. The molecule has 0 aliphatic rings. The van der Waals surface area contributed by atoms with Crippen molar-refractivity contribution in [3.63, 3.8) is 0 Å². The molecule has 0 saturated heterocycles. The smallest absolute Gasteiger partial charge is 0.0455 e. The van der Waals surface area contributed by atoms with Crippen molar-refractivity contribution in [3.8, 4) is 0 Å². The molecule has 0 unspecified atom stereocenters. The lowest BCUT2D eigenvalue weighted by Gasteiger charge is -2.36. The van der Waals surface area contributed by atoms with Crippen molar-refractivity contribution in [2.75, 3.05) is 6.16 Å². The molecule has 0 fully saturated rings. The van der Waals surface area contributed by atoms with Crippen LogP contribution in [0.3, 0.4) is 0 Å². The van der Waals surface area contributed by atoms with Crippen molar-refractivity contribution >= 4 is 36.3 Å². The van der Waals surface area contributed by atoms with Gasteiger partial charge in [0.2, 0.25) is 0 Å². The van der Waals surface area contributed by atoms with Gasteiger partial charge in [-0.25, -0.2) is 0 Å². The first-order valence-corrected chi connectivity index (χ1v) is 13.6. The number of hydrogen-bond donors (Lipinski definition) is 0. The second-order valence-electron chi connectivity index (χ2n) is 5.78. The third-order valence-corrected chi connectivity index (χ3v) is 7.15. The highest BCUT2D eigenvalue weighted by Gasteiger charge is 2.36. The Labute approximate surface area is 161 Å². The quantitative estimate of drug-likeness (QED) is 0.263. The second-order valence-corrected chi connectivity index (χ2v) is 14.8. The van der Waals surface area contributed by atoms with E-state index in [2.05, 4.69) is 122 Å². The fourth-order valence-corrected chi connectivity index (χ4v) is 4.92. The predicted octanol–water partition coefficient (Wildman–Crippen LogP) is 7.51. The highest BCUT2D eigenvalue weighted by Crippen LogP contribution is 2.55. The third kappa shape index (κ3) is 3.82. The fraction of sp³-hybridized carbons (Fsp3) is 0.143. The lowest BCUT2D eigenvalue weighted by Crippen LogP contribution is -2.30. The molecule has 0 heterocycles. The Morgan fingerprint density at radius 2 is 0.917 bits per heavy atom. The lowest BCUT2D eigenvalue weighted by molar-refractivity contribution is 0.599. The Balaban J connectivity index is 2.24. The third-order valence-electron chi connectivity index (χ3n) is 4.46. The summed E-state index contributed by atoms with van der Waals surface area (Å²) in [5.74, 6) is 0. The molecule has 0 atom stereocenters. The maximum absolute atomic E-state index is 3.73. The number of halogens is 2. The van der Waals surface area contributed by atoms with Gasteiger partial charge in [0.25, 0.3) is 0 Å². The first-order chi connectivity index (χ1) is 11.7. The maximum Gasteiger partial charge on any atom is 0.0455 e. The molecule has 3 heteroatoms. The van der Waals surface area contributed by atoms with E-state index in [-0.39, 0.29) is 10.7 Å². The van der Waals surface area contributed by atoms with E-state index in [9.17, 15) is 0 Å². The van der Waals surface area contributed by atoms with E-state index < -0.39 is 0 Å². The van der Waals surface area contributed by atoms with Crippen LogP contribution in [0.2, 0.25) is 0 Å². The molecule has 0 radical (unpaired) electrons. The van der Waals surface area contributed by atoms with Gasteiger partial charge < -0.3 is 0 Å². The summed E-state index contributed by atoms with van der Waals surface area (Å²) in [6, 6.07) is 32.6. The van der Waals surface area contributed by atoms with Gasteiger partial charge in [-0.05, 0) is 60.3 Å². The summed E-state index contributed by atoms with van der Waals surface area (Å²) in [7, 11) is 0. The zero-order valence-electron chi connectivity index (χ0n) is 13.3. The van der Waals surface area contributed by atoms with Crippen LogP contribution in [0.25, 0.3) is 0 Å². The van der Waals surface area contributed by atoms with Crippen molar-refractivity contribution in [2.24, 2.45) is 0 Å². The second kappa shape index (κ2) is 8.43. The van der Waals surface area contributed by atoms with Crippen LogP contribution in [-0.2, 0) is 5.41 Å². The van der Waals surface area contributed by atoms with Crippen LogP contribution in [0.4, 0.5) is 0 Å². The Morgan fingerprint density at radius 1 is 0.583 bits per heavy atom. The van der Waals surface area contributed by atoms with Crippen molar-refractivity contribution < 1.29 is 0 Å². The Hall–Kier alpha value is -0.950. The number of benzene rings is 3. The van der Waals surface area contributed by atoms with E-state index in [0.717, 1.165) is 12.6 Å². The zero-order chi connectivity index (χ0) is 16.8. The molecule has 0 aliphatic carbocycles. The first-order valence-electron chi connectivity index (χ1n) is 7.99. The lowest BCUT2D eigenvalue weighted by atomic mass is 9.68. The molecule has 0 bridgehead atoms. The molecule has 24 heavy (non-hydrogen) atoms. The standard InChI is InChI=1S/C21H19Br2P/c22-24(23)17-16-21(18-10-4-1-5-11-18,19-12-6-2-7-13-19)20-14-8-3-9-15-20/h1-15H,16-17H2. The molecule has 0 saturated carbocycles. The molecule has 3 rings (SSSR count). The van der Waals surface area contributed by atoms with Crippen LogP contribution in [-0.4, -0.2) is 6.16 Å². The molecule has 3 aromatic rings. The molecule has 0 N–H and O–H groups in total. The van der Waals surface area contributed by atoms with Crippen LogP contribution >= 0.6 is 36.3 Å². The van der Waals surface area contributed by atoms with Gasteiger partial charge in [-0.3, -0.25) is 0 Å². The Kier molecular flexibility index (Phi) is 6.27. The normalized spacial score (nSPS) is 11.6. The van der Waals surface area contributed by atoms with E-state index in [1.54, 1.807) is 0 Å². The molecule has 0 spiro atoms. The van der Waals surface area contributed by atoms with E-state index in [4.69, 9.17) is 0 Å². The van der Waals surface area contributed by atoms with E-state index in [1.807, 2.05) is 0 Å². The average Bonchev–Trinajstić information content (AvgIpc) is 2.65. The maximum atomic E-state index is 3.73. The highest BCUT2D eigenvalue weighted by atomic mass is 79.9. The van der Waals surface area contributed by atoms with E-state index in [0.29, 0.717) is 0 Å². The van der Waals surface area contributed by atoms with Gasteiger partial charge in [-0.1, -0.05) is 91.0 Å². The number of hydrogen-bond acceptors (Lipinski definition) is 0. The fourth-order valence-electron chi connectivity index (χ4n) is 3.35. The van der Waals surface area contributed by atoms with Gasteiger partial charge in [-0.15, -0.1) is 0 Å². The van der Waals surface area contributed by atoms with Gasteiger partial charge in [0.1, 0.15) is 0 Å². The van der Waals surface area contributed by atoms with Crippen LogP contribution in [0.5, 0.6) is 0 Å². The van der Waals surface area contributed by atoms with E-state index >= 15 is 0 Å². The summed E-state index contributed by atoms with van der Waals surface area (Å²) in [5.41, 5.74) is 3.91. The van der Waals surface area contributed by atoms with Gasteiger partial charge in [0.15, 0.2) is 0 Å². The van der Waals surface area contributed by atoms with Crippen molar-refractivity contribution in [1.82, 2.24) is 0 Å². The minimum Gasteiger partial charge on any atom is -0.0622 e. The summed E-state index contributed by atoms with van der Waals surface area (Å²) in [6.45, 7) is 0. The summed E-state index contributed by atoms with van der Waals surface area (Å²) >= 11 is 7.45. The Morgan fingerprint density at radius 3 is 1.21 bits per heavy atom.